The fourth-order valence-corrected chi connectivity index (χ4v) is 3.54. The molecule has 0 spiro atoms. The van der Waals surface area contributed by atoms with Crippen LogP contribution in [0.15, 0.2) is 53.3 Å². The van der Waals surface area contributed by atoms with Gasteiger partial charge in [-0.25, -0.2) is 5.10 Å². The average molecular weight is 348 g/mol. The van der Waals surface area contributed by atoms with Crippen LogP contribution in [-0.2, 0) is 6.42 Å². The Morgan fingerprint density at radius 2 is 1.92 bits per heavy atom. The van der Waals surface area contributed by atoms with Crippen LogP contribution in [-0.4, -0.2) is 35.2 Å². The number of hydrogen-bond donors (Lipinski definition) is 2. The van der Waals surface area contributed by atoms with E-state index in [2.05, 4.69) is 45.5 Å². The number of nitrogens with zero attached hydrogens (tertiary/aromatic N) is 2. The van der Waals surface area contributed by atoms with Crippen LogP contribution in [0.3, 0.4) is 0 Å². The minimum absolute atomic E-state index is 0.164. The largest absolute Gasteiger partial charge is 0.366 e. The van der Waals surface area contributed by atoms with Gasteiger partial charge in [-0.15, -0.1) is 0 Å². The van der Waals surface area contributed by atoms with E-state index in [9.17, 15) is 9.59 Å². The molecule has 0 fully saturated rings. The van der Waals surface area contributed by atoms with Crippen LogP contribution in [0.25, 0.3) is 10.8 Å². The van der Waals surface area contributed by atoms with Gasteiger partial charge >= 0.3 is 0 Å². The van der Waals surface area contributed by atoms with Crippen molar-refractivity contribution < 1.29 is 4.79 Å². The number of aromatic amines is 1. The lowest BCUT2D eigenvalue weighted by Gasteiger charge is -2.27. The van der Waals surface area contributed by atoms with Crippen molar-refractivity contribution in [2.75, 3.05) is 18.0 Å². The molecule has 0 bridgehead atoms. The summed E-state index contributed by atoms with van der Waals surface area (Å²) in [6.45, 7) is 3.55. The molecule has 1 amide bonds. The van der Waals surface area contributed by atoms with Crippen molar-refractivity contribution in [1.82, 2.24) is 15.5 Å². The molecule has 1 aromatic heterocycles. The van der Waals surface area contributed by atoms with Gasteiger partial charge in [0.15, 0.2) is 5.69 Å². The van der Waals surface area contributed by atoms with Gasteiger partial charge in [0.2, 0.25) is 0 Å². The van der Waals surface area contributed by atoms with Gasteiger partial charge in [-0.2, -0.15) is 5.10 Å². The molecule has 1 aliphatic rings. The SMILES string of the molecule is CC(CNC(=O)c1n[nH]c(=O)c2ccccc12)N1CCc2ccccc21. The van der Waals surface area contributed by atoms with E-state index >= 15 is 0 Å². The Labute approximate surface area is 150 Å². The lowest BCUT2D eigenvalue weighted by atomic mass is 10.1. The topological polar surface area (TPSA) is 78.1 Å². The van der Waals surface area contributed by atoms with Gasteiger partial charge in [0, 0.05) is 30.2 Å². The number of rotatable bonds is 4. The van der Waals surface area contributed by atoms with E-state index in [0.717, 1.165) is 13.0 Å². The minimum Gasteiger partial charge on any atom is -0.366 e. The number of hydrogen-bond acceptors (Lipinski definition) is 4. The molecule has 0 saturated carbocycles. The molecule has 0 radical (unpaired) electrons. The second-order valence-electron chi connectivity index (χ2n) is 6.58. The van der Waals surface area contributed by atoms with E-state index in [1.165, 1.54) is 11.3 Å². The van der Waals surface area contributed by atoms with Gasteiger partial charge < -0.3 is 10.2 Å². The average Bonchev–Trinajstić information content (AvgIpc) is 3.10. The Kier molecular flexibility index (Phi) is 4.16. The summed E-state index contributed by atoms with van der Waals surface area (Å²) in [6.07, 6.45) is 1.03. The van der Waals surface area contributed by atoms with Gasteiger partial charge in [-0.3, -0.25) is 9.59 Å². The number of fused-ring (bicyclic) bond motifs is 2. The number of carbonyl (C=O) groups is 1. The summed E-state index contributed by atoms with van der Waals surface area (Å²) in [6, 6.07) is 15.5. The highest BCUT2D eigenvalue weighted by Gasteiger charge is 2.23. The normalized spacial score (nSPS) is 14.3. The van der Waals surface area contributed by atoms with Crippen molar-refractivity contribution in [2.24, 2.45) is 0 Å². The van der Waals surface area contributed by atoms with Crippen molar-refractivity contribution in [3.05, 3.63) is 70.1 Å². The lowest BCUT2D eigenvalue weighted by Crippen LogP contribution is -2.41. The molecule has 3 aromatic rings. The summed E-state index contributed by atoms with van der Waals surface area (Å²) < 4.78 is 0. The molecular formula is C20H20N4O2. The maximum absolute atomic E-state index is 12.6. The molecule has 1 atom stereocenters. The minimum atomic E-state index is -0.292. The van der Waals surface area contributed by atoms with Crippen molar-refractivity contribution in [3.63, 3.8) is 0 Å². The molecule has 2 heterocycles. The van der Waals surface area contributed by atoms with Gasteiger partial charge in [0.25, 0.3) is 11.5 Å². The molecule has 4 rings (SSSR count). The van der Waals surface area contributed by atoms with Gasteiger partial charge in [0.05, 0.1) is 5.39 Å². The van der Waals surface area contributed by atoms with E-state index in [1.54, 1.807) is 24.3 Å². The molecule has 2 N–H and O–H groups in total. The van der Waals surface area contributed by atoms with Crippen LogP contribution >= 0.6 is 0 Å². The molecule has 0 saturated heterocycles. The monoisotopic (exact) mass is 348 g/mol. The number of amides is 1. The molecular weight excluding hydrogens is 328 g/mol. The maximum atomic E-state index is 12.6. The first-order valence-corrected chi connectivity index (χ1v) is 8.75. The number of H-pyrrole nitrogens is 1. The van der Waals surface area contributed by atoms with Gasteiger partial charge in [0.1, 0.15) is 0 Å². The van der Waals surface area contributed by atoms with Crippen LogP contribution in [0.1, 0.15) is 23.0 Å². The quantitative estimate of drug-likeness (QED) is 0.757. The molecule has 0 aliphatic carbocycles. The molecule has 6 heteroatoms. The Balaban J connectivity index is 1.50. The summed E-state index contributed by atoms with van der Waals surface area (Å²) in [5, 5.41) is 10.3. The number of benzene rings is 2. The number of aromatic nitrogens is 2. The predicted octanol–water partition coefficient (Wildman–Crippen LogP) is 2.10. The standard InChI is InChI=1S/C20H20N4O2/c1-13(24-11-10-14-6-2-5-9-17(14)24)12-21-20(26)18-15-7-3-4-8-16(15)19(25)23-22-18/h2-9,13H,10-12H2,1H3,(H,21,26)(H,23,25). The molecule has 2 aromatic carbocycles. The van der Waals surface area contributed by atoms with Crippen LogP contribution < -0.4 is 15.8 Å². The Morgan fingerprint density at radius 1 is 1.19 bits per heavy atom. The van der Waals surface area contributed by atoms with E-state index in [4.69, 9.17) is 0 Å². The summed E-state index contributed by atoms with van der Waals surface area (Å²) in [7, 11) is 0. The zero-order valence-corrected chi connectivity index (χ0v) is 14.5. The molecule has 132 valence electrons. The first-order valence-electron chi connectivity index (χ1n) is 8.75. The summed E-state index contributed by atoms with van der Waals surface area (Å²) in [5.41, 5.74) is 2.54. The van der Waals surface area contributed by atoms with Crippen LogP contribution in [0, 0.1) is 0 Å². The number of nitrogens with one attached hydrogen (secondary N) is 2. The highest BCUT2D eigenvalue weighted by atomic mass is 16.2. The third-order valence-corrected chi connectivity index (χ3v) is 4.92. The number of carbonyl (C=O) groups excluding carboxylic acids is 1. The van der Waals surface area contributed by atoms with Crippen molar-refractivity contribution in [2.45, 2.75) is 19.4 Å². The molecule has 26 heavy (non-hydrogen) atoms. The van der Waals surface area contributed by atoms with E-state index in [1.807, 2.05) is 6.07 Å². The predicted molar refractivity (Wildman–Crippen MR) is 102 cm³/mol. The van der Waals surface area contributed by atoms with Crippen LogP contribution in [0.2, 0.25) is 0 Å². The third-order valence-electron chi connectivity index (χ3n) is 4.92. The first-order chi connectivity index (χ1) is 12.6. The maximum Gasteiger partial charge on any atom is 0.272 e. The molecule has 1 aliphatic heterocycles. The first kappa shape index (κ1) is 16.3. The Hall–Kier alpha value is -3.15. The zero-order valence-electron chi connectivity index (χ0n) is 14.5. The van der Waals surface area contributed by atoms with Gasteiger partial charge in [-0.05, 0) is 31.0 Å². The van der Waals surface area contributed by atoms with Crippen LogP contribution in [0.5, 0.6) is 0 Å². The fraction of sp³-hybridized carbons (Fsp3) is 0.250. The second-order valence-corrected chi connectivity index (χ2v) is 6.58. The summed E-state index contributed by atoms with van der Waals surface area (Å²) in [5.74, 6) is -0.281. The Bertz CT molecular complexity index is 1030. The third kappa shape index (κ3) is 2.83. The van der Waals surface area contributed by atoms with Crippen molar-refractivity contribution in [1.29, 1.82) is 0 Å². The second kappa shape index (κ2) is 6.63. The zero-order chi connectivity index (χ0) is 18.1. The molecule has 6 nitrogen and oxygen atoms in total. The summed E-state index contributed by atoms with van der Waals surface area (Å²) >= 11 is 0. The lowest BCUT2D eigenvalue weighted by molar-refractivity contribution is 0.0947. The van der Waals surface area contributed by atoms with Crippen molar-refractivity contribution >= 4 is 22.4 Å². The van der Waals surface area contributed by atoms with E-state index in [-0.39, 0.29) is 23.2 Å². The highest BCUT2D eigenvalue weighted by Crippen LogP contribution is 2.28. The van der Waals surface area contributed by atoms with E-state index < -0.39 is 0 Å². The van der Waals surface area contributed by atoms with E-state index in [0.29, 0.717) is 17.3 Å². The van der Waals surface area contributed by atoms with Crippen molar-refractivity contribution in [3.8, 4) is 0 Å². The highest BCUT2D eigenvalue weighted by molar-refractivity contribution is 6.04. The van der Waals surface area contributed by atoms with Gasteiger partial charge in [-0.1, -0.05) is 36.4 Å². The number of anilines is 1. The fourth-order valence-electron chi connectivity index (χ4n) is 3.54. The number of para-hydroxylation sites is 1. The van der Waals surface area contributed by atoms with Crippen LogP contribution in [0.4, 0.5) is 5.69 Å². The summed E-state index contributed by atoms with van der Waals surface area (Å²) in [4.78, 5) is 26.8. The smallest absolute Gasteiger partial charge is 0.272 e. The molecule has 1 unspecified atom stereocenters. The Morgan fingerprint density at radius 3 is 2.77 bits per heavy atom.